The van der Waals surface area contributed by atoms with E-state index in [0.717, 1.165) is 12.5 Å². The van der Waals surface area contributed by atoms with Crippen molar-refractivity contribution in [1.82, 2.24) is 4.90 Å². The largest absolute Gasteiger partial charge is 0.320 e. The average Bonchev–Trinajstić information content (AvgIpc) is 2.73. The van der Waals surface area contributed by atoms with Gasteiger partial charge in [-0.05, 0) is 49.7 Å². The second-order valence-electron chi connectivity index (χ2n) is 5.24. The minimum atomic E-state index is 0.442. The monoisotopic (exact) mass is 276 g/mol. The quantitative estimate of drug-likeness (QED) is 0.860. The van der Waals surface area contributed by atoms with E-state index in [-0.39, 0.29) is 0 Å². The van der Waals surface area contributed by atoms with E-state index in [1.54, 1.807) is 0 Å². The molecule has 2 N–H and O–H groups in total. The fourth-order valence-electron chi connectivity index (χ4n) is 2.72. The van der Waals surface area contributed by atoms with E-state index >= 15 is 0 Å². The highest BCUT2D eigenvalue weighted by Crippen LogP contribution is 2.23. The van der Waals surface area contributed by atoms with E-state index in [1.165, 1.54) is 49.2 Å². The van der Waals surface area contributed by atoms with Gasteiger partial charge < -0.3 is 5.73 Å². The number of nitrogens with zero attached hydrogens (tertiary/aromatic N) is 1. The van der Waals surface area contributed by atoms with Gasteiger partial charge in [0.05, 0.1) is 6.54 Å². The molecule has 1 aromatic rings. The van der Waals surface area contributed by atoms with Gasteiger partial charge in [0, 0.05) is 17.0 Å². The van der Waals surface area contributed by atoms with Crippen LogP contribution in [0.2, 0.25) is 0 Å². The van der Waals surface area contributed by atoms with E-state index in [2.05, 4.69) is 35.1 Å². The first-order chi connectivity index (χ1) is 9.33. The normalized spacial score (nSPS) is 20.6. The fraction of sp³-hybridized carbons (Fsp3) is 0.625. The van der Waals surface area contributed by atoms with E-state index in [9.17, 15) is 0 Å². The molecule has 0 spiro atoms. The summed E-state index contributed by atoms with van der Waals surface area (Å²) >= 11 is 1.82. The minimum absolute atomic E-state index is 0.442. The summed E-state index contributed by atoms with van der Waals surface area (Å²) in [6, 6.07) is 2.12. The van der Waals surface area contributed by atoms with Crippen molar-refractivity contribution in [1.29, 1.82) is 0 Å². The zero-order valence-electron chi connectivity index (χ0n) is 11.8. The number of nitrogens with two attached hydrogens (primary N) is 1. The van der Waals surface area contributed by atoms with E-state index in [4.69, 9.17) is 5.73 Å². The van der Waals surface area contributed by atoms with Crippen LogP contribution in [0.4, 0.5) is 0 Å². The lowest BCUT2D eigenvalue weighted by Crippen LogP contribution is -2.24. The summed E-state index contributed by atoms with van der Waals surface area (Å²) in [7, 11) is 0. The Morgan fingerprint density at radius 3 is 3.11 bits per heavy atom. The Balaban J connectivity index is 1.95. The van der Waals surface area contributed by atoms with Crippen molar-refractivity contribution in [2.24, 2.45) is 11.7 Å². The van der Waals surface area contributed by atoms with Crippen LogP contribution >= 0.6 is 11.3 Å². The molecular formula is C16H24N2S. The maximum Gasteiger partial charge on any atom is 0.0555 e. The molecule has 104 valence electrons. The first-order valence-electron chi connectivity index (χ1n) is 7.31. The summed E-state index contributed by atoms with van der Waals surface area (Å²) in [6.45, 7) is 6.29. The Bertz CT molecular complexity index is 441. The SMILES string of the molecule is CCC1CCCN(Cc2sccc2C#CCN)CC1. The van der Waals surface area contributed by atoms with Crippen molar-refractivity contribution in [2.75, 3.05) is 19.6 Å². The van der Waals surface area contributed by atoms with Crippen LogP contribution in [-0.4, -0.2) is 24.5 Å². The van der Waals surface area contributed by atoms with Crippen LogP contribution in [0.1, 0.15) is 43.0 Å². The molecule has 2 heterocycles. The van der Waals surface area contributed by atoms with Crippen molar-refractivity contribution in [3.8, 4) is 11.8 Å². The van der Waals surface area contributed by atoms with Gasteiger partial charge in [0.2, 0.25) is 0 Å². The van der Waals surface area contributed by atoms with E-state index < -0.39 is 0 Å². The van der Waals surface area contributed by atoms with Crippen molar-refractivity contribution < 1.29 is 0 Å². The van der Waals surface area contributed by atoms with Crippen LogP contribution in [-0.2, 0) is 6.54 Å². The molecule has 0 saturated carbocycles. The first kappa shape index (κ1) is 14.6. The molecule has 19 heavy (non-hydrogen) atoms. The molecule has 1 saturated heterocycles. The molecule has 0 bridgehead atoms. The van der Waals surface area contributed by atoms with Crippen LogP contribution in [0.25, 0.3) is 0 Å². The predicted molar refractivity (Wildman–Crippen MR) is 83.2 cm³/mol. The number of thiophene rings is 1. The number of hydrogen-bond donors (Lipinski definition) is 1. The standard InChI is InChI=1S/C16H24N2S/c1-2-14-5-4-10-18(11-7-14)13-16-15(6-3-9-17)8-12-19-16/h8,12,14H,2,4-5,7,9-11,13,17H2,1H3. The zero-order chi connectivity index (χ0) is 13.5. The summed E-state index contributed by atoms with van der Waals surface area (Å²) in [4.78, 5) is 3.99. The Labute approximate surface area is 121 Å². The van der Waals surface area contributed by atoms with Gasteiger partial charge in [-0.3, -0.25) is 4.90 Å². The van der Waals surface area contributed by atoms with Gasteiger partial charge in [-0.25, -0.2) is 0 Å². The second-order valence-corrected chi connectivity index (χ2v) is 6.25. The molecular weight excluding hydrogens is 252 g/mol. The number of likely N-dealkylation sites (tertiary alicyclic amines) is 1. The highest BCUT2D eigenvalue weighted by atomic mass is 32.1. The molecule has 3 heteroatoms. The Morgan fingerprint density at radius 1 is 1.42 bits per heavy atom. The Hall–Kier alpha value is -0.820. The van der Waals surface area contributed by atoms with Crippen LogP contribution < -0.4 is 5.73 Å². The maximum atomic E-state index is 5.45. The number of rotatable bonds is 3. The molecule has 0 radical (unpaired) electrons. The Morgan fingerprint density at radius 2 is 2.32 bits per heavy atom. The minimum Gasteiger partial charge on any atom is -0.320 e. The highest BCUT2D eigenvalue weighted by molar-refractivity contribution is 7.10. The molecule has 1 aromatic heterocycles. The molecule has 1 aliphatic rings. The molecule has 0 aliphatic carbocycles. The summed E-state index contributed by atoms with van der Waals surface area (Å²) in [6.07, 6.45) is 5.43. The first-order valence-corrected chi connectivity index (χ1v) is 8.19. The maximum absolute atomic E-state index is 5.45. The van der Waals surface area contributed by atoms with Crippen molar-refractivity contribution in [3.05, 3.63) is 21.9 Å². The topological polar surface area (TPSA) is 29.3 Å². The average molecular weight is 276 g/mol. The van der Waals surface area contributed by atoms with Gasteiger partial charge in [-0.1, -0.05) is 25.2 Å². The summed E-state index contributed by atoms with van der Waals surface area (Å²) < 4.78 is 0. The molecule has 2 rings (SSSR count). The molecule has 2 nitrogen and oxygen atoms in total. The van der Waals surface area contributed by atoms with Crippen LogP contribution in [0.15, 0.2) is 11.4 Å². The highest BCUT2D eigenvalue weighted by Gasteiger charge is 2.16. The molecule has 0 aromatic carbocycles. The van der Waals surface area contributed by atoms with Crippen molar-refractivity contribution in [2.45, 2.75) is 39.2 Å². The third kappa shape index (κ3) is 4.35. The van der Waals surface area contributed by atoms with Gasteiger partial charge in [-0.2, -0.15) is 0 Å². The zero-order valence-corrected chi connectivity index (χ0v) is 12.6. The van der Waals surface area contributed by atoms with Gasteiger partial charge in [-0.15, -0.1) is 11.3 Å². The van der Waals surface area contributed by atoms with Gasteiger partial charge in [0.15, 0.2) is 0 Å². The third-order valence-corrected chi connectivity index (χ3v) is 4.86. The van der Waals surface area contributed by atoms with E-state index in [0.29, 0.717) is 6.54 Å². The molecule has 1 fully saturated rings. The summed E-state index contributed by atoms with van der Waals surface area (Å²) in [5.41, 5.74) is 6.62. The van der Waals surface area contributed by atoms with Gasteiger partial charge >= 0.3 is 0 Å². The fourth-order valence-corrected chi connectivity index (χ4v) is 3.59. The summed E-state index contributed by atoms with van der Waals surface area (Å²) in [5.74, 6) is 7.08. The predicted octanol–water partition coefficient (Wildman–Crippen LogP) is 3.07. The molecule has 1 unspecified atom stereocenters. The molecule has 0 amide bonds. The Kier molecular flexibility index (Phi) is 5.91. The summed E-state index contributed by atoms with van der Waals surface area (Å²) in [5, 5.41) is 2.14. The van der Waals surface area contributed by atoms with Crippen molar-refractivity contribution in [3.63, 3.8) is 0 Å². The third-order valence-electron chi connectivity index (χ3n) is 3.96. The molecule has 1 atom stereocenters. The van der Waals surface area contributed by atoms with Crippen LogP contribution in [0, 0.1) is 17.8 Å². The second kappa shape index (κ2) is 7.69. The lowest BCUT2D eigenvalue weighted by molar-refractivity contribution is 0.274. The smallest absolute Gasteiger partial charge is 0.0555 e. The van der Waals surface area contributed by atoms with Gasteiger partial charge in [0.25, 0.3) is 0 Å². The van der Waals surface area contributed by atoms with Crippen LogP contribution in [0.3, 0.4) is 0 Å². The van der Waals surface area contributed by atoms with Crippen molar-refractivity contribution >= 4 is 11.3 Å². The lowest BCUT2D eigenvalue weighted by Gasteiger charge is -2.19. The molecule has 1 aliphatic heterocycles. The van der Waals surface area contributed by atoms with Gasteiger partial charge in [0.1, 0.15) is 0 Å². The lowest BCUT2D eigenvalue weighted by atomic mass is 9.98. The van der Waals surface area contributed by atoms with E-state index in [1.807, 2.05) is 11.3 Å². The number of hydrogen-bond acceptors (Lipinski definition) is 3. The van der Waals surface area contributed by atoms with Crippen LogP contribution in [0.5, 0.6) is 0 Å².